The van der Waals surface area contributed by atoms with Crippen LogP contribution >= 0.6 is 11.3 Å². The van der Waals surface area contributed by atoms with Crippen LogP contribution in [0.4, 0.5) is 0 Å². The number of nitrogens with one attached hydrogen (secondary N) is 1. The first kappa shape index (κ1) is 22.4. The SMILES string of the molecule is CCOC(=O)c1[nH]c(C)c(C(=O)OCc2csc(-c3cccc(OC)c3OC)n2)c1C. The lowest BCUT2D eigenvalue weighted by atomic mass is 10.1. The summed E-state index contributed by atoms with van der Waals surface area (Å²) in [6.45, 7) is 5.37. The number of nitrogens with zero attached hydrogens (tertiary/aromatic N) is 1. The largest absolute Gasteiger partial charge is 0.493 e. The number of esters is 2. The quantitative estimate of drug-likeness (QED) is 0.517. The summed E-state index contributed by atoms with van der Waals surface area (Å²) >= 11 is 1.41. The van der Waals surface area contributed by atoms with Crippen molar-refractivity contribution in [2.75, 3.05) is 20.8 Å². The summed E-state index contributed by atoms with van der Waals surface area (Å²) < 4.78 is 21.3. The molecule has 0 aliphatic rings. The first-order chi connectivity index (χ1) is 14.9. The lowest BCUT2D eigenvalue weighted by molar-refractivity contribution is 0.0467. The smallest absolute Gasteiger partial charge is 0.355 e. The van der Waals surface area contributed by atoms with E-state index >= 15 is 0 Å². The number of aromatic amines is 1. The van der Waals surface area contributed by atoms with Crippen LogP contribution in [0.25, 0.3) is 10.6 Å². The predicted molar refractivity (Wildman–Crippen MR) is 116 cm³/mol. The Hall–Kier alpha value is -3.33. The maximum Gasteiger partial charge on any atom is 0.355 e. The first-order valence-electron chi connectivity index (χ1n) is 9.60. The van der Waals surface area contributed by atoms with E-state index in [2.05, 4.69) is 9.97 Å². The second-order valence-corrected chi connectivity index (χ2v) is 7.46. The highest BCUT2D eigenvalue weighted by molar-refractivity contribution is 7.13. The molecule has 2 aromatic heterocycles. The lowest BCUT2D eigenvalue weighted by Crippen LogP contribution is -2.09. The molecule has 0 aliphatic heterocycles. The molecular formula is C22H24N2O6S. The van der Waals surface area contributed by atoms with Gasteiger partial charge in [0.2, 0.25) is 0 Å². The molecule has 0 aliphatic carbocycles. The summed E-state index contributed by atoms with van der Waals surface area (Å²) in [6, 6.07) is 5.56. The van der Waals surface area contributed by atoms with Gasteiger partial charge in [-0.3, -0.25) is 0 Å². The van der Waals surface area contributed by atoms with Crippen LogP contribution in [0.5, 0.6) is 11.5 Å². The number of aromatic nitrogens is 2. The number of H-pyrrole nitrogens is 1. The van der Waals surface area contributed by atoms with Crippen molar-refractivity contribution in [3.63, 3.8) is 0 Å². The van der Waals surface area contributed by atoms with Gasteiger partial charge in [-0.05, 0) is 38.5 Å². The number of methoxy groups -OCH3 is 2. The van der Waals surface area contributed by atoms with E-state index in [-0.39, 0.29) is 18.9 Å². The molecule has 0 saturated carbocycles. The summed E-state index contributed by atoms with van der Waals surface area (Å²) in [5.74, 6) is 0.167. The number of benzene rings is 1. The van der Waals surface area contributed by atoms with Crippen LogP contribution in [-0.2, 0) is 16.1 Å². The van der Waals surface area contributed by atoms with E-state index < -0.39 is 11.9 Å². The number of ether oxygens (including phenoxy) is 4. The fourth-order valence-corrected chi connectivity index (χ4v) is 4.05. The summed E-state index contributed by atoms with van der Waals surface area (Å²) in [6.07, 6.45) is 0. The van der Waals surface area contributed by atoms with Gasteiger partial charge in [-0.15, -0.1) is 11.3 Å². The van der Waals surface area contributed by atoms with Crippen LogP contribution in [0.2, 0.25) is 0 Å². The van der Waals surface area contributed by atoms with Gasteiger partial charge in [0.05, 0.1) is 37.6 Å². The van der Waals surface area contributed by atoms with Crippen LogP contribution in [0.1, 0.15) is 44.7 Å². The lowest BCUT2D eigenvalue weighted by Gasteiger charge is -2.10. The number of para-hydroxylation sites is 1. The summed E-state index contributed by atoms with van der Waals surface area (Å²) in [7, 11) is 3.15. The molecule has 164 valence electrons. The van der Waals surface area contributed by atoms with Crippen molar-refractivity contribution < 1.29 is 28.5 Å². The van der Waals surface area contributed by atoms with Gasteiger partial charge in [-0.2, -0.15) is 0 Å². The Morgan fingerprint density at radius 3 is 2.55 bits per heavy atom. The zero-order valence-corrected chi connectivity index (χ0v) is 18.8. The minimum atomic E-state index is -0.532. The van der Waals surface area contributed by atoms with E-state index in [9.17, 15) is 9.59 Å². The van der Waals surface area contributed by atoms with Gasteiger partial charge in [0, 0.05) is 11.1 Å². The molecule has 0 bridgehead atoms. The molecule has 0 amide bonds. The number of carbonyl (C=O) groups is 2. The van der Waals surface area contributed by atoms with E-state index in [1.807, 2.05) is 23.6 Å². The van der Waals surface area contributed by atoms with E-state index in [4.69, 9.17) is 18.9 Å². The Bertz CT molecular complexity index is 1100. The number of carbonyl (C=O) groups excluding carboxylic acids is 2. The van der Waals surface area contributed by atoms with Crippen molar-refractivity contribution in [1.29, 1.82) is 0 Å². The van der Waals surface area contributed by atoms with Crippen LogP contribution in [0.15, 0.2) is 23.6 Å². The molecule has 3 aromatic rings. The Kier molecular flexibility index (Phi) is 6.96. The highest BCUT2D eigenvalue weighted by Crippen LogP contribution is 2.39. The van der Waals surface area contributed by atoms with Crippen LogP contribution in [0, 0.1) is 13.8 Å². The molecule has 0 saturated heterocycles. The van der Waals surface area contributed by atoms with Crippen molar-refractivity contribution in [2.24, 2.45) is 0 Å². The topological polar surface area (TPSA) is 99.7 Å². The van der Waals surface area contributed by atoms with Crippen LogP contribution < -0.4 is 9.47 Å². The zero-order chi connectivity index (χ0) is 22.5. The fourth-order valence-electron chi connectivity index (χ4n) is 3.23. The predicted octanol–water partition coefficient (Wildman–Crippen LogP) is 4.31. The third-order valence-electron chi connectivity index (χ3n) is 4.66. The van der Waals surface area contributed by atoms with Crippen molar-refractivity contribution in [2.45, 2.75) is 27.4 Å². The second kappa shape index (κ2) is 9.65. The molecule has 3 rings (SSSR count). The van der Waals surface area contributed by atoms with Crippen LogP contribution in [0.3, 0.4) is 0 Å². The molecular weight excluding hydrogens is 420 g/mol. The Morgan fingerprint density at radius 2 is 1.87 bits per heavy atom. The van der Waals surface area contributed by atoms with Gasteiger partial charge in [0.25, 0.3) is 0 Å². The third kappa shape index (κ3) is 4.56. The first-order valence-corrected chi connectivity index (χ1v) is 10.5. The van der Waals surface area contributed by atoms with Crippen LogP contribution in [-0.4, -0.2) is 42.7 Å². The monoisotopic (exact) mass is 444 g/mol. The highest BCUT2D eigenvalue weighted by Gasteiger charge is 2.24. The molecule has 8 nitrogen and oxygen atoms in total. The molecule has 1 aromatic carbocycles. The molecule has 9 heteroatoms. The molecule has 0 fully saturated rings. The maximum atomic E-state index is 12.7. The molecule has 2 heterocycles. The minimum absolute atomic E-state index is 0.000414. The molecule has 0 spiro atoms. The number of thiazole rings is 1. The normalized spacial score (nSPS) is 10.6. The summed E-state index contributed by atoms with van der Waals surface area (Å²) in [4.78, 5) is 32.2. The van der Waals surface area contributed by atoms with Gasteiger partial charge in [0.15, 0.2) is 11.5 Å². The third-order valence-corrected chi connectivity index (χ3v) is 5.58. The molecule has 0 radical (unpaired) electrons. The van der Waals surface area contributed by atoms with Crippen molar-refractivity contribution in [3.05, 3.63) is 51.8 Å². The minimum Gasteiger partial charge on any atom is -0.493 e. The maximum absolute atomic E-state index is 12.7. The van der Waals surface area contributed by atoms with Gasteiger partial charge in [-0.25, -0.2) is 14.6 Å². The molecule has 31 heavy (non-hydrogen) atoms. The van der Waals surface area contributed by atoms with Crippen molar-refractivity contribution in [3.8, 4) is 22.1 Å². The Balaban J connectivity index is 1.75. The van der Waals surface area contributed by atoms with Gasteiger partial charge in [0.1, 0.15) is 17.3 Å². The van der Waals surface area contributed by atoms with E-state index in [1.165, 1.54) is 11.3 Å². The van der Waals surface area contributed by atoms with Gasteiger partial charge < -0.3 is 23.9 Å². The number of hydrogen-bond acceptors (Lipinski definition) is 8. The number of hydrogen-bond donors (Lipinski definition) is 1. The molecule has 1 N–H and O–H groups in total. The van der Waals surface area contributed by atoms with E-state index in [0.717, 1.165) is 10.6 Å². The average Bonchev–Trinajstić information content (AvgIpc) is 3.35. The van der Waals surface area contributed by atoms with Gasteiger partial charge in [-0.1, -0.05) is 6.07 Å². The highest BCUT2D eigenvalue weighted by atomic mass is 32.1. The standard InChI is InChI=1S/C22H24N2O6S/c1-6-29-22(26)18-12(2)17(13(3)23-18)21(25)30-10-14-11-31-20(24-14)15-8-7-9-16(27-4)19(15)28-5/h7-9,11,23H,6,10H2,1-5H3. The Morgan fingerprint density at radius 1 is 1.10 bits per heavy atom. The summed E-state index contributed by atoms with van der Waals surface area (Å²) in [5.41, 5.74) is 3.03. The van der Waals surface area contributed by atoms with Gasteiger partial charge >= 0.3 is 11.9 Å². The fraction of sp³-hybridized carbons (Fsp3) is 0.318. The van der Waals surface area contributed by atoms with Crippen molar-refractivity contribution in [1.82, 2.24) is 9.97 Å². The molecule has 0 unspecified atom stereocenters. The molecule has 0 atom stereocenters. The summed E-state index contributed by atoms with van der Waals surface area (Å²) in [5, 5.41) is 2.54. The van der Waals surface area contributed by atoms with E-state index in [0.29, 0.717) is 34.0 Å². The number of rotatable bonds is 8. The van der Waals surface area contributed by atoms with E-state index in [1.54, 1.807) is 35.0 Å². The van der Waals surface area contributed by atoms with Crippen molar-refractivity contribution >= 4 is 23.3 Å². The average molecular weight is 445 g/mol. The Labute approximate surface area is 184 Å². The number of aryl methyl sites for hydroxylation is 1. The second-order valence-electron chi connectivity index (χ2n) is 6.61. The zero-order valence-electron chi connectivity index (χ0n) is 18.0.